The van der Waals surface area contributed by atoms with Gasteiger partial charge in [-0.3, -0.25) is 9.59 Å². The van der Waals surface area contributed by atoms with Crippen LogP contribution < -0.4 is 0 Å². The number of aryl methyl sites for hydroxylation is 1. The average molecular weight is 490 g/mol. The van der Waals surface area contributed by atoms with Gasteiger partial charge < -0.3 is 4.74 Å². The van der Waals surface area contributed by atoms with E-state index in [4.69, 9.17) is 4.74 Å². The van der Waals surface area contributed by atoms with E-state index in [0.717, 1.165) is 11.1 Å². The Bertz CT molecular complexity index is 1050. The number of thioether (sulfide) groups is 1. The molecule has 1 heterocycles. The lowest BCUT2D eigenvalue weighted by atomic mass is 9.92. The highest BCUT2D eigenvalue weighted by Crippen LogP contribution is 2.28. The van der Waals surface area contributed by atoms with Crippen LogP contribution in [0.15, 0.2) is 59.5 Å². The van der Waals surface area contributed by atoms with Gasteiger partial charge in [-0.2, -0.15) is 16.1 Å². The van der Waals surface area contributed by atoms with Crippen molar-refractivity contribution in [3.8, 4) is 0 Å². The molecule has 1 saturated heterocycles. The molecule has 6 nitrogen and oxygen atoms in total. The summed E-state index contributed by atoms with van der Waals surface area (Å²) in [5.74, 6) is -0.352. The number of hydrogen-bond acceptors (Lipinski definition) is 6. The number of esters is 1. The van der Waals surface area contributed by atoms with E-state index in [0.29, 0.717) is 17.9 Å². The fourth-order valence-corrected chi connectivity index (χ4v) is 6.72. The molecule has 0 radical (unpaired) electrons. The molecule has 2 aromatic carbocycles. The first kappa shape index (κ1) is 25.5. The van der Waals surface area contributed by atoms with Crippen molar-refractivity contribution in [2.24, 2.45) is 5.92 Å². The Morgan fingerprint density at radius 3 is 2.39 bits per heavy atom. The molecule has 1 fully saturated rings. The molecule has 2 atom stereocenters. The second kappa shape index (κ2) is 11.3. The van der Waals surface area contributed by atoms with E-state index < -0.39 is 28.0 Å². The minimum atomic E-state index is -3.82. The van der Waals surface area contributed by atoms with Crippen molar-refractivity contribution in [2.45, 2.75) is 50.7 Å². The van der Waals surface area contributed by atoms with Crippen LogP contribution in [0.5, 0.6) is 0 Å². The summed E-state index contributed by atoms with van der Waals surface area (Å²) in [6, 6.07) is 15.3. The molecule has 178 valence electrons. The maximum absolute atomic E-state index is 13.4. The molecule has 0 unspecified atom stereocenters. The highest BCUT2D eigenvalue weighted by molar-refractivity contribution is 7.99. The first-order valence-electron chi connectivity index (χ1n) is 11.1. The van der Waals surface area contributed by atoms with Crippen molar-refractivity contribution < 1.29 is 22.7 Å². The van der Waals surface area contributed by atoms with Crippen LogP contribution in [0.1, 0.15) is 31.4 Å². The fraction of sp³-hybridized carbons (Fsp3) is 0.440. The maximum Gasteiger partial charge on any atom is 0.309 e. The summed E-state index contributed by atoms with van der Waals surface area (Å²) >= 11 is 1.56. The molecule has 0 N–H and O–H groups in total. The van der Waals surface area contributed by atoms with Crippen molar-refractivity contribution in [2.75, 3.05) is 18.1 Å². The Morgan fingerprint density at radius 2 is 1.76 bits per heavy atom. The molecule has 0 amide bonds. The molecule has 1 aliphatic heterocycles. The summed E-state index contributed by atoms with van der Waals surface area (Å²) in [4.78, 5) is 26.4. The quantitative estimate of drug-likeness (QED) is 0.498. The van der Waals surface area contributed by atoms with Crippen molar-refractivity contribution in [1.82, 2.24) is 4.31 Å². The number of hydrogen-bond donors (Lipinski definition) is 0. The molecule has 0 aromatic heterocycles. The minimum Gasteiger partial charge on any atom is -0.463 e. The number of benzene rings is 2. The van der Waals surface area contributed by atoms with Gasteiger partial charge in [0.25, 0.3) is 0 Å². The Morgan fingerprint density at radius 1 is 1.09 bits per heavy atom. The molecule has 0 aliphatic carbocycles. The van der Waals surface area contributed by atoms with Gasteiger partial charge >= 0.3 is 5.97 Å². The van der Waals surface area contributed by atoms with E-state index in [1.165, 1.54) is 4.31 Å². The summed E-state index contributed by atoms with van der Waals surface area (Å²) in [6.45, 7) is 5.69. The summed E-state index contributed by atoms with van der Waals surface area (Å²) in [5, 5.41) is 0. The number of carbonyl (C=O) groups is 2. The predicted octanol–water partition coefficient (Wildman–Crippen LogP) is 3.87. The number of carbonyl (C=O) groups excluding carboxylic acids is 2. The third-order valence-electron chi connectivity index (χ3n) is 5.54. The number of ether oxygens (including phenoxy) is 1. The van der Waals surface area contributed by atoms with Crippen LogP contribution in [0.25, 0.3) is 0 Å². The topological polar surface area (TPSA) is 80.8 Å². The summed E-state index contributed by atoms with van der Waals surface area (Å²) in [6.07, 6.45) is 0.00317. The Kier molecular flexibility index (Phi) is 8.73. The number of ketones is 1. The zero-order chi connectivity index (χ0) is 24.0. The zero-order valence-electron chi connectivity index (χ0n) is 19.3. The molecule has 0 bridgehead atoms. The van der Waals surface area contributed by atoms with Gasteiger partial charge in [0.2, 0.25) is 10.0 Å². The van der Waals surface area contributed by atoms with Crippen molar-refractivity contribution in [1.29, 1.82) is 0 Å². The third-order valence-corrected chi connectivity index (χ3v) is 8.48. The fourth-order valence-electron chi connectivity index (χ4n) is 3.82. The molecule has 33 heavy (non-hydrogen) atoms. The molecule has 1 aliphatic rings. The predicted molar refractivity (Wildman–Crippen MR) is 131 cm³/mol. The van der Waals surface area contributed by atoms with Crippen molar-refractivity contribution in [3.63, 3.8) is 0 Å². The summed E-state index contributed by atoms with van der Waals surface area (Å²) in [5.41, 5.74) is 1.89. The molecule has 3 rings (SSSR count). The number of sulfonamides is 1. The molecule has 8 heteroatoms. The van der Waals surface area contributed by atoms with Gasteiger partial charge in [-0.25, -0.2) is 8.42 Å². The van der Waals surface area contributed by atoms with E-state index in [9.17, 15) is 18.0 Å². The van der Waals surface area contributed by atoms with E-state index in [1.807, 2.05) is 37.3 Å². The Hall–Kier alpha value is -2.16. The summed E-state index contributed by atoms with van der Waals surface area (Å²) in [7, 11) is -3.82. The molecular formula is C25H31NO5S2. The molecule has 0 spiro atoms. The molecule has 0 saturated carbocycles. The van der Waals surface area contributed by atoms with Crippen LogP contribution >= 0.6 is 11.8 Å². The van der Waals surface area contributed by atoms with Crippen molar-refractivity contribution in [3.05, 3.63) is 65.7 Å². The Balaban J connectivity index is 1.82. The first-order valence-corrected chi connectivity index (χ1v) is 13.7. The van der Waals surface area contributed by atoms with Gasteiger partial charge in [0, 0.05) is 24.5 Å². The van der Waals surface area contributed by atoms with Gasteiger partial charge in [-0.15, -0.1) is 0 Å². The second-order valence-electron chi connectivity index (χ2n) is 8.56. The van der Waals surface area contributed by atoms with Crippen LogP contribution in [-0.4, -0.2) is 54.7 Å². The molecule has 2 aromatic rings. The van der Waals surface area contributed by atoms with Gasteiger partial charge in [0.05, 0.1) is 23.0 Å². The van der Waals surface area contributed by atoms with E-state index >= 15 is 0 Å². The van der Waals surface area contributed by atoms with E-state index in [2.05, 4.69) is 0 Å². The third kappa shape index (κ3) is 6.68. The average Bonchev–Trinajstić information content (AvgIpc) is 2.79. The van der Waals surface area contributed by atoms with Gasteiger partial charge in [0.15, 0.2) is 5.78 Å². The van der Waals surface area contributed by atoms with Crippen LogP contribution in [0.2, 0.25) is 0 Å². The lowest BCUT2D eigenvalue weighted by Crippen LogP contribution is -2.50. The number of nitrogens with zero attached hydrogens (tertiary/aromatic N) is 1. The van der Waals surface area contributed by atoms with Gasteiger partial charge in [-0.05, 0) is 44.9 Å². The first-order chi connectivity index (χ1) is 15.7. The normalized spacial score (nSPS) is 18.1. The Labute approximate surface area is 200 Å². The second-order valence-corrected chi connectivity index (χ2v) is 11.6. The van der Waals surface area contributed by atoms with Crippen molar-refractivity contribution >= 4 is 33.5 Å². The monoisotopic (exact) mass is 489 g/mol. The molecular weight excluding hydrogens is 458 g/mol. The van der Waals surface area contributed by atoms with Crippen LogP contribution in [-0.2, 0) is 30.8 Å². The minimum absolute atomic E-state index is 0.0639. The van der Waals surface area contributed by atoms with Crippen LogP contribution in [0.4, 0.5) is 0 Å². The maximum atomic E-state index is 13.4. The highest BCUT2D eigenvalue weighted by Gasteiger charge is 2.39. The summed E-state index contributed by atoms with van der Waals surface area (Å²) < 4.78 is 33.4. The lowest BCUT2D eigenvalue weighted by Gasteiger charge is -2.34. The largest absolute Gasteiger partial charge is 0.463 e. The number of rotatable bonds is 9. The van der Waals surface area contributed by atoms with Gasteiger partial charge in [-0.1, -0.05) is 48.0 Å². The number of Topliss-reactive ketones (excluding diaryl/α,β-unsaturated/α-hetero) is 1. The SMILES string of the molecule is Cc1ccc(S(=O)(=O)N2CCSC[C@H]2C(=O)C[C@H](Cc2ccccc2)C(=O)OC(C)C)cc1. The van der Waals surface area contributed by atoms with E-state index in [1.54, 1.807) is 49.9 Å². The van der Waals surface area contributed by atoms with Gasteiger partial charge in [0.1, 0.15) is 0 Å². The lowest BCUT2D eigenvalue weighted by molar-refractivity contribution is -0.154. The van der Waals surface area contributed by atoms with Crippen LogP contribution in [0.3, 0.4) is 0 Å². The smallest absolute Gasteiger partial charge is 0.309 e. The standard InChI is InChI=1S/C25H31NO5S2/c1-18(2)31-25(28)21(15-20-7-5-4-6-8-20)16-24(27)23-17-32-14-13-26(23)33(29,30)22-11-9-19(3)10-12-22/h4-12,18,21,23H,13-17H2,1-3H3/t21-,23-/m0/s1. The van der Waals surface area contributed by atoms with E-state index in [-0.39, 0.29) is 29.7 Å². The zero-order valence-corrected chi connectivity index (χ0v) is 20.9. The highest BCUT2D eigenvalue weighted by atomic mass is 32.2. The van der Waals surface area contributed by atoms with Crippen LogP contribution in [0, 0.1) is 12.8 Å².